The Morgan fingerprint density at radius 3 is 2.38 bits per heavy atom. The number of carbonyl (C=O) groups excluding carboxylic acids is 1. The molecule has 3 rings (SSSR count). The predicted molar refractivity (Wildman–Crippen MR) is 103 cm³/mol. The fraction of sp³-hybridized carbons (Fsp3) is 0.316. The molecule has 1 aliphatic heterocycles. The molecule has 7 nitrogen and oxygen atoms in total. The second kappa shape index (κ2) is 8.33. The first kappa shape index (κ1) is 17.7. The number of rotatable bonds is 6. The van der Waals surface area contributed by atoms with E-state index >= 15 is 0 Å². The Morgan fingerprint density at radius 1 is 1.00 bits per heavy atom. The Balaban J connectivity index is 1.65. The van der Waals surface area contributed by atoms with Crippen LogP contribution in [0.15, 0.2) is 48.5 Å². The monoisotopic (exact) mass is 354 g/mol. The highest BCUT2D eigenvalue weighted by Crippen LogP contribution is 2.28. The topological polar surface area (TPSA) is 87.5 Å². The zero-order chi connectivity index (χ0) is 18.4. The van der Waals surface area contributed by atoms with Gasteiger partial charge in [0.25, 0.3) is 5.69 Å². The van der Waals surface area contributed by atoms with Gasteiger partial charge in [-0.1, -0.05) is 24.3 Å². The van der Waals surface area contributed by atoms with E-state index in [1.165, 1.54) is 12.5 Å². The van der Waals surface area contributed by atoms with Crippen molar-refractivity contribution in [3.63, 3.8) is 0 Å². The van der Waals surface area contributed by atoms with Crippen LogP contribution >= 0.6 is 0 Å². The standard InChI is InChI=1S/C19H22N4O3/c24-19(14-20-15-8-2-5-11-18(15)23(25)26)21-16-9-3-4-10-17(16)22-12-6-1-7-13-22/h2-5,8-11,20H,1,6-7,12-14H2,(H,21,24). The molecule has 136 valence electrons. The highest BCUT2D eigenvalue weighted by Gasteiger charge is 2.16. The van der Waals surface area contributed by atoms with Crippen LogP contribution in [0.1, 0.15) is 19.3 Å². The molecule has 1 amide bonds. The van der Waals surface area contributed by atoms with Crippen molar-refractivity contribution in [2.75, 3.05) is 35.2 Å². The van der Waals surface area contributed by atoms with Gasteiger partial charge >= 0.3 is 0 Å². The number of anilines is 3. The van der Waals surface area contributed by atoms with Gasteiger partial charge < -0.3 is 15.5 Å². The third-order valence-corrected chi connectivity index (χ3v) is 4.42. The van der Waals surface area contributed by atoms with Crippen LogP contribution in [0.25, 0.3) is 0 Å². The van der Waals surface area contributed by atoms with Crippen LogP contribution in [0, 0.1) is 10.1 Å². The smallest absolute Gasteiger partial charge is 0.292 e. The van der Waals surface area contributed by atoms with Crippen LogP contribution in [0.5, 0.6) is 0 Å². The van der Waals surface area contributed by atoms with Gasteiger partial charge in [-0.05, 0) is 37.5 Å². The number of nitro groups is 1. The summed E-state index contributed by atoms with van der Waals surface area (Å²) in [6.45, 7) is 1.93. The molecule has 1 fully saturated rings. The van der Waals surface area contributed by atoms with Crippen molar-refractivity contribution in [3.8, 4) is 0 Å². The van der Waals surface area contributed by atoms with Crippen molar-refractivity contribution in [3.05, 3.63) is 58.6 Å². The summed E-state index contributed by atoms with van der Waals surface area (Å²) < 4.78 is 0. The second-order valence-electron chi connectivity index (χ2n) is 6.24. The molecule has 0 unspecified atom stereocenters. The molecule has 1 heterocycles. The Kier molecular flexibility index (Phi) is 5.68. The average molecular weight is 354 g/mol. The third kappa shape index (κ3) is 4.30. The maximum atomic E-state index is 12.3. The van der Waals surface area contributed by atoms with Crippen LogP contribution in [-0.4, -0.2) is 30.5 Å². The van der Waals surface area contributed by atoms with Crippen molar-refractivity contribution in [2.45, 2.75) is 19.3 Å². The van der Waals surface area contributed by atoms with E-state index in [2.05, 4.69) is 15.5 Å². The van der Waals surface area contributed by atoms with E-state index in [1.807, 2.05) is 24.3 Å². The Hall–Kier alpha value is -3.09. The van der Waals surface area contributed by atoms with E-state index in [-0.39, 0.29) is 18.1 Å². The van der Waals surface area contributed by atoms with E-state index in [4.69, 9.17) is 0 Å². The Bertz CT molecular complexity index is 788. The third-order valence-electron chi connectivity index (χ3n) is 4.42. The van der Waals surface area contributed by atoms with Gasteiger partial charge in [-0.25, -0.2) is 0 Å². The predicted octanol–water partition coefficient (Wildman–Crippen LogP) is 3.64. The number of hydrogen-bond acceptors (Lipinski definition) is 5. The summed E-state index contributed by atoms with van der Waals surface area (Å²) >= 11 is 0. The van der Waals surface area contributed by atoms with Crippen molar-refractivity contribution < 1.29 is 9.72 Å². The van der Waals surface area contributed by atoms with Gasteiger partial charge in [-0.2, -0.15) is 0 Å². The molecule has 1 saturated heterocycles. The molecule has 0 aliphatic carbocycles. The van der Waals surface area contributed by atoms with Gasteiger partial charge in [-0.3, -0.25) is 14.9 Å². The number of amides is 1. The van der Waals surface area contributed by atoms with E-state index in [9.17, 15) is 14.9 Å². The number of carbonyl (C=O) groups is 1. The number of piperidine rings is 1. The number of nitrogens with zero attached hydrogens (tertiary/aromatic N) is 2. The lowest BCUT2D eigenvalue weighted by Crippen LogP contribution is -2.31. The van der Waals surface area contributed by atoms with Gasteiger partial charge in [0.05, 0.1) is 22.8 Å². The first-order valence-corrected chi connectivity index (χ1v) is 8.76. The minimum Gasteiger partial charge on any atom is -0.371 e. The average Bonchev–Trinajstić information content (AvgIpc) is 2.67. The van der Waals surface area contributed by atoms with Gasteiger partial charge in [0.2, 0.25) is 5.91 Å². The van der Waals surface area contributed by atoms with E-state index in [0.717, 1.165) is 37.3 Å². The van der Waals surface area contributed by atoms with Gasteiger partial charge in [0.1, 0.15) is 5.69 Å². The molecule has 0 radical (unpaired) electrons. The van der Waals surface area contributed by atoms with Crippen molar-refractivity contribution in [2.24, 2.45) is 0 Å². The molecule has 1 aliphatic rings. The molecule has 26 heavy (non-hydrogen) atoms. The summed E-state index contributed by atoms with van der Waals surface area (Å²) in [5.41, 5.74) is 2.07. The van der Waals surface area contributed by atoms with Crippen LogP contribution < -0.4 is 15.5 Å². The Labute approximate surface area is 152 Å². The number of hydrogen-bond donors (Lipinski definition) is 2. The number of nitro benzene ring substituents is 1. The molecule has 0 aromatic heterocycles. The summed E-state index contributed by atoms with van der Waals surface area (Å²) in [6, 6.07) is 14.0. The molecule has 0 spiro atoms. The molecule has 2 N–H and O–H groups in total. The molecule has 7 heteroatoms. The fourth-order valence-corrected chi connectivity index (χ4v) is 3.14. The zero-order valence-corrected chi connectivity index (χ0v) is 14.5. The lowest BCUT2D eigenvalue weighted by Gasteiger charge is -2.30. The second-order valence-corrected chi connectivity index (χ2v) is 6.24. The molecule has 0 bridgehead atoms. The highest BCUT2D eigenvalue weighted by molar-refractivity contribution is 5.97. The van der Waals surface area contributed by atoms with Crippen LogP contribution in [0.3, 0.4) is 0 Å². The SMILES string of the molecule is O=C(CNc1ccccc1[N+](=O)[O-])Nc1ccccc1N1CCCCC1. The quantitative estimate of drug-likeness (QED) is 0.611. The maximum absolute atomic E-state index is 12.3. The minimum absolute atomic E-state index is 0.0425. The molecule has 0 saturated carbocycles. The molecular weight excluding hydrogens is 332 g/mol. The molecule has 0 atom stereocenters. The largest absolute Gasteiger partial charge is 0.371 e. The van der Waals surface area contributed by atoms with Crippen LogP contribution in [-0.2, 0) is 4.79 Å². The minimum atomic E-state index is -0.466. The molecular formula is C19H22N4O3. The summed E-state index contributed by atoms with van der Waals surface area (Å²) in [5.74, 6) is -0.243. The molecule has 2 aromatic rings. The summed E-state index contributed by atoms with van der Waals surface area (Å²) in [7, 11) is 0. The first-order chi connectivity index (χ1) is 12.6. The lowest BCUT2D eigenvalue weighted by atomic mass is 10.1. The number of nitrogens with one attached hydrogen (secondary N) is 2. The lowest BCUT2D eigenvalue weighted by molar-refractivity contribution is -0.383. The fourth-order valence-electron chi connectivity index (χ4n) is 3.14. The summed E-state index contributed by atoms with van der Waals surface area (Å²) in [6.07, 6.45) is 3.55. The van der Waals surface area contributed by atoms with E-state index in [1.54, 1.807) is 18.2 Å². The van der Waals surface area contributed by atoms with Crippen LogP contribution in [0.2, 0.25) is 0 Å². The summed E-state index contributed by atoms with van der Waals surface area (Å²) in [5, 5.41) is 16.8. The summed E-state index contributed by atoms with van der Waals surface area (Å²) in [4.78, 5) is 25.2. The Morgan fingerprint density at radius 2 is 1.65 bits per heavy atom. The van der Waals surface area contributed by atoms with Crippen molar-refractivity contribution >= 4 is 28.7 Å². The number of para-hydroxylation sites is 4. The van der Waals surface area contributed by atoms with Crippen molar-refractivity contribution in [1.82, 2.24) is 0 Å². The maximum Gasteiger partial charge on any atom is 0.292 e. The number of benzene rings is 2. The van der Waals surface area contributed by atoms with Crippen molar-refractivity contribution in [1.29, 1.82) is 0 Å². The zero-order valence-electron chi connectivity index (χ0n) is 14.5. The van der Waals surface area contributed by atoms with E-state index in [0.29, 0.717) is 5.69 Å². The van der Waals surface area contributed by atoms with Gasteiger partial charge in [0, 0.05) is 19.2 Å². The van der Waals surface area contributed by atoms with Crippen LogP contribution in [0.4, 0.5) is 22.7 Å². The first-order valence-electron chi connectivity index (χ1n) is 8.76. The van der Waals surface area contributed by atoms with E-state index < -0.39 is 4.92 Å². The van der Waals surface area contributed by atoms with Gasteiger partial charge in [0.15, 0.2) is 0 Å². The normalized spacial score (nSPS) is 13.9. The van der Waals surface area contributed by atoms with Gasteiger partial charge in [-0.15, -0.1) is 0 Å². The molecule has 2 aromatic carbocycles. The highest BCUT2D eigenvalue weighted by atomic mass is 16.6.